The number of aliphatic hydroxyl groups excluding tert-OH is 1. The topological polar surface area (TPSA) is 89.1 Å². The second kappa shape index (κ2) is 11.0. The Balaban J connectivity index is 1.57. The Labute approximate surface area is 273 Å². The molecule has 5 aromatic rings. The number of pyridine rings is 1. The molecule has 2 aliphatic rings. The van der Waals surface area contributed by atoms with Gasteiger partial charge >= 0.3 is 0 Å². The summed E-state index contributed by atoms with van der Waals surface area (Å²) in [6.07, 6.45) is 1.79. The van der Waals surface area contributed by atoms with Crippen molar-refractivity contribution >= 4 is 43.9 Å². The lowest BCUT2D eigenvalue weighted by Crippen LogP contribution is -2.42. The number of aliphatic hydroxyl groups is 1. The lowest BCUT2D eigenvalue weighted by molar-refractivity contribution is -0.129. The number of amides is 1. The molecule has 47 heavy (non-hydrogen) atoms. The number of carbonyl (C=O) groups excluding carboxylic acids is 1. The average Bonchev–Trinajstić information content (AvgIpc) is 3.74. The molecule has 1 aliphatic carbocycles. The summed E-state index contributed by atoms with van der Waals surface area (Å²) in [7, 11) is 1.93. The molecule has 0 radical (unpaired) electrons. The Morgan fingerprint density at radius 3 is 2.68 bits per heavy atom. The molecule has 1 aromatic carbocycles. The number of allylic oxidation sites excluding steroid dienone is 3. The maximum absolute atomic E-state index is 16.1. The van der Waals surface area contributed by atoms with Crippen LogP contribution in [0.25, 0.3) is 49.3 Å². The summed E-state index contributed by atoms with van der Waals surface area (Å²) < 4.78 is 51.2. The van der Waals surface area contributed by atoms with Gasteiger partial charge in [-0.25, -0.2) is 23.1 Å². The summed E-state index contributed by atoms with van der Waals surface area (Å²) in [4.78, 5) is 24.2. The molecular formula is C35H33F3N6O2S. The van der Waals surface area contributed by atoms with Crippen LogP contribution < -0.4 is 0 Å². The average molecular weight is 659 g/mol. The quantitative estimate of drug-likeness (QED) is 0.195. The van der Waals surface area contributed by atoms with Gasteiger partial charge in [-0.05, 0) is 45.0 Å². The summed E-state index contributed by atoms with van der Waals surface area (Å²) in [6, 6.07) is 6.91. The molecule has 7 rings (SSSR count). The molecule has 1 amide bonds. The molecule has 1 unspecified atom stereocenters. The minimum Gasteiger partial charge on any atom is -0.395 e. The summed E-state index contributed by atoms with van der Waals surface area (Å²) in [5.41, 5.74) is 2.69. The van der Waals surface area contributed by atoms with Crippen molar-refractivity contribution in [1.29, 1.82) is 0 Å². The van der Waals surface area contributed by atoms with Crippen molar-refractivity contribution in [3.8, 4) is 22.6 Å². The number of imidazole rings is 1. The lowest BCUT2D eigenvalue weighted by Gasteiger charge is -2.36. The highest BCUT2D eigenvalue weighted by Gasteiger charge is 2.41. The highest BCUT2D eigenvalue weighted by Crippen LogP contribution is 2.52. The zero-order valence-corrected chi connectivity index (χ0v) is 27.4. The minimum absolute atomic E-state index is 0.0379. The number of hydrogen-bond donors (Lipinski definition) is 1. The smallest absolute Gasteiger partial charge is 0.246 e. The normalized spacial score (nSPS) is 21.5. The second-order valence-electron chi connectivity index (χ2n) is 12.7. The fourth-order valence-corrected chi connectivity index (χ4v) is 7.94. The maximum Gasteiger partial charge on any atom is 0.246 e. The number of rotatable bonds is 5. The van der Waals surface area contributed by atoms with Crippen LogP contribution in [0, 0.1) is 18.2 Å². The van der Waals surface area contributed by atoms with Crippen molar-refractivity contribution < 1.29 is 23.1 Å². The van der Waals surface area contributed by atoms with Crippen LogP contribution in [-0.2, 0) is 11.8 Å². The van der Waals surface area contributed by atoms with E-state index in [0.29, 0.717) is 33.9 Å². The molecular weight excluding hydrogens is 625 g/mol. The van der Waals surface area contributed by atoms with Gasteiger partial charge in [0.1, 0.15) is 29.0 Å². The summed E-state index contributed by atoms with van der Waals surface area (Å²) in [5, 5.41) is 16.9. The van der Waals surface area contributed by atoms with Crippen molar-refractivity contribution in [3.05, 3.63) is 82.9 Å². The minimum atomic E-state index is -1.42. The van der Waals surface area contributed by atoms with Crippen LogP contribution >= 0.6 is 11.3 Å². The monoisotopic (exact) mass is 658 g/mol. The van der Waals surface area contributed by atoms with E-state index < -0.39 is 29.5 Å². The van der Waals surface area contributed by atoms with E-state index in [9.17, 15) is 14.3 Å². The lowest BCUT2D eigenvalue weighted by atomic mass is 9.72. The van der Waals surface area contributed by atoms with E-state index >= 15 is 8.78 Å². The first kappa shape index (κ1) is 31.1. The predicted molar refractivity (Wildman–Crippen MR) is 177 cm³/mol. The number of thiophene rings is 1. The standard InChI is InChI=1S/C35H33F3N6O2S/c1-7-28(46)43-14-17(2)44-27(18(43)3)12-25(41-44)33-30(31-22(37)11-21(36)13-35(31,5)16-45)29-23(38)15-47-34(29)32(40-33)20-8-9-26-24(10-20)39-19(4)42(26)6/h7-12,15,17-18,45H,1,13-14,16H2,2-6H3/t17-,18+,35?/m0/s1. The molecule has 0 saturated carbocycles. The number of benzene rings is 1. The number of nitrogens with zero attached hydrogens (tertiary/aromatic N) is 6. The van der Waals surface area contributed by atoms with Gasteiger partial charge in [-0.3, -0.25) is 9.48 Å². The van der Waals surface area contributed by atoms with Gasteiger partial charge in [-0.1, -0.05) is 19.6 Å². The van der Waals surface area contributed by atoms with Crippen molar-refractivity contribution in [1.82, 2.24) is 29.2 Å². The number of halogens is 3. The van der Waals surface area contributed by atoms with Gasteiger partial charge < -0.3 is 14.6 Å². The predicted octanol–water partition coefficient (Wildman–Crippen LogP) is 7.75. The Morgan fingerprint density at radius 2 is 1.96 bits per heavy atom. The first-order valence-corrected chi connectivity index (χ1v) is 16.2. The van der Waals surface area contributed by atoms with E-state index in [2.05, 4.69) is 11.6 Å². The largest absolute Gasteiger partial charge is 0.395 e. The van der Waals surface area contributed by atoms with Gasteiger partial charge in [0, 0.05) is 59.0 Å². The molecule has 4 aromatic heterocycles. The molecule has 0 fully saturated rings. The van der Waals surface area contributed by atoms with Crippen molar-refractivity contribution in [3.63, 3.8) is 0 Å². The van der Waals surface area contributed by atoms with Gasteiger partial charge in [0.05, 0.1) is 51.5 Å². The van der Waals surface area contributed by atoms with E-state index in [1.165, 1.54) is 11.5 Å². The van der Waals surface area contributed by atoms with Gasteiger partial charge in [-0.15, -0.1) is 11.3 Å². The molecule has 0 saturated heterocycles. The van der Waals surface area contributed by atoms with Crippen LogP contribution in [0.15, 0.2) is 60.0 Å². The fraction of sp³-hybridized carbons (Fsp3) is 0.314. The van der Waals surface area contributed by atoms with E-state index in [1.54, 1.807) is 17.9 Å². The zero-order chi connectivity index (χ0) is 33.5. The van der Waals surface area contributed by atoms with E-state index in [1.807, 2.05) is 55.3 Å². The molecule has 0 spiro atoms. The van der Waals surface area contributed by atoms with Gasteiger partial charge in [0.2, 0.25) is 5.91 Å². The third-order valence-corrected chi connectivity index (χ3v) is 10.5. The summed E-state index contributed by atoms with van der Waals surface area (Å²) in [5.74, 6) is -1.62. The van der Waals surface area contributed by atoms with Crippen molar-refractivity contribution in [2.75, 3.05) is 13.2 Å². The van der Waals surface area contributed by atoms with Crippen LogP contribution in [0.5, 0.6) is 0 Å². The Bertz CT molecular complexity index is 2210. The van der Waals surface area contributed by atoms with Gasteiger partial charge in [-0.2, -0.15) is 5.10 Å². The summed E-state index contributed by atoms with van der Waals surface area (Å²) >= 11 is 1.14. The Hall–Kier alpha value is -4.55. The fourth-order valence-electron chi connectivity index (χ4n) is 7.01. The molecule has 5 heterocycles. The number of carbonyl (C=O) groups is 1. The second-order valence-corrected chi connectivity index (χ2v) is 13.6. The zero-order valence-electron chi connectivity index (χ0n) is 26.6. The van der Waals surface area contributed by atoms with Crippen molar-refractivity contribution in [2.24, 2.45) is 12.5 Å². The van der Waals surface area contributed by atoms with Crippen LogP contribution in [0.2, 0.25) is 0 Å². The molecule has 0 bridgehead atoms. The van der Waals surface area contributed by atoms with E-state index in [-0.39, 0.29) is 46.6 Å². The van der Waals surface area contributed by atoms with E-state index in [0.717, 1.165) is 34.3 Å². The third-order valence-electron chi connectivity index (χ3n) is 9.57. The van der Waals surface area contributed by atoms with Crippen LogP contribution in [0.1, 0.15) is 56.4 Å². The van der Waals surface area contributed by atoms with E-state index in [4.69, 9.17) is 10.1 Å². The highest BCUT2D eigenvalue weighted by atomic mass is 32.1. The number of fused-ring (bicyclic) bond motifs is 3. The molecule has 8 nitrogen and oxygen atoms in total. The molecule has 1 N–H and O–H groups in total. The summed E-state index contributed by atoms with van der Waals surface area (Å²) in [6.45, 7) is 10.7. The number of hydrogen-bond acceptors (Lipinski definition) is 6. The van der Waals surface area contributed by atoms with Crippen LogP contribution in [0.4, 0.5) is 13.2 Å². The number of aryl methyl sites for hydroxylation is 2. The highest BCUT2D eigenvalue weighted by molar-refractivity contribution is 7.17. The Kier molecular flexibility index (Phi) is 7.28. The first-order valence-electron chi connectivity index (χ1n) is 15.3. The van der Waals surface area contributed by atoms with Crippen LogP contribution in [-0.4, -0.2) is 53.4 Å². The third kappa shape index (κ3) is 4.68. The SMILES string of the molecule is C=CC(=O)N1C[C@H](C)n2nc(-c3nc(-c4ccc5c(c4)nc(C)n5C)c4scc(F)c4c3C3=C(F)C=C(F)CC3(C)CO)cc2[C@H]1C. The molecule has 1 aliphatic heterocycles. The van der Waals surface area contributed by atoms with Crippen molar-refractivity contribution in [2.45, 2.75) is 46.2 Å². The number of aromatic nitrogens is 5. The van der Waals surface area contributed by atoms with Gasteiger partial charge in [0.15, 0.2) is 0 Å². The van der Waals surface area contributed by atoms with Crippen LogP contribution in [0.3, 0.4) is 0 Å². The maximum atomic E-state index is 16.1. The molecule has 242 valence electrons. The molecule has 3 atom stereocenters. The first-order chi connectivity index (χ1) is 22.4. The van der Waals surface area contributed by atoms with Gasteiger partial charge in [0.25, 0.3) is 0 Å². The Morgan fingerprint density at radius 1 is 1.19 bits per heavy atom. The molecule has 12 heteroatoms.